The number of carboxylic acid groups (broad SMARTS) is 1. The van der Waals surface area contributed by atoms with Gasteiger partial charge < -0.3 is 5.11 Å². The zero-order valence-corrected chi connectivity index (χ0v) is 14.1. The van der Waals surface area contributed by atoms with Crippen LogP contribution in [0.5, 0.6) is 0 Å². The minimum Gasteiger partial charge on any atom is -0.478 e. The lowest BCUT2D eigenvalue weighted by Gasteiger charge is -2.19. The molecule has 1 aromatic carbocycles. The van der Waals surface area contributed by atoms with Crippen LogP contribution in [-0.2, 0) is 11.2 Å². The van der Waals surface area contributed by atoms with Crippen LogP contribution < -0.4 is 0 Å². The summed E-state index contributed by atoms with van der Waals surface area (Å²) in [6, 6.07) is 6.71. The van der Waals surface area contributed by atoms with E-state index in [1.807, 2.05) is 18.2 Å². The van der Waals surface area contributed by atoms with E-state index in [-0.39, 0.29) is 0 Å². The number of carboxylic acids is 1. The Hall–Kier alpha value is -2.35. The molecular weight excluding hydrogens is 284 g/mol. The van der Waals surface area contributed by atoms with Gasteiger partial charge in [-0.1, -0.05) is 53.6 Å². The number of allylic oxidation sites excluding steroid dienone is 7. The summed E-state index contributed by atoms with van der Waals surface area (Å²) in [6.45, 7) is 6.00. The summed E-state index contributed by atoms with van der Waals surface area (Å²) in [7, 11) is 0. The van der Waals surface area contributed by atoms with E-state index in [4.69, 9.17) is 5.11 Å². The van der Waals surface area contributed by atoms with Gasteiger partial charge in [0.15, 0.2) is 0 Å². The Morgan fingerprint density at radius 1 is 1.17 bits per heavy atom. The second-order valence-electron chi connectivity index (χ2n) is 6.18. The Morgan fingerprint density at radius 2 is 1.96 bits per heavy atom. The maximum atomic E-state index is 10.6. The van der Waals surface area contributed by atoms with E-state index in [1.54, 1.807) is 6.92 Å². The standard InChI is InChI=1S/C21H24O2/c1-15(6-4-7-16(2)14-21(22)23)12-18-8-5-9-19-13-17(3)10-11-20(18)19/h4,6-7,10-14H,5,8-9H2,1-3H3,(H,22,23)/b7-4+,15-6+,16-14+,18-12+. The van der Waals surface area contributed by atoms with Crippen molar-refractivity contribution >= 4 is 11.5 Å². The van der Waals surface area contributed by atoms with Gasteiger partial charge in [0.1, 0.15) is 0 Å². The molecule has 0 aliphatic heterocycles. The largest absolute Gasteiger partial charge is 0.478 e. The minimum atomic E-state index is -0.913. The monoisotopic (exact) mass is 308 g/mol. The molecule has 2 rings (SSSR count). The number of aryl methyl sites for hydroxylation is 2. The first-order valence-electron chi connectivity index (χ1n) is 8.02. The van der Waals surface area contributed by atoms with E-state index in [2.05, 4.69) is 38.1 Å². The van der Waals surface area contributed by atoms with E-state index in [1.165, 1.54) is 40.3 Å². The number of hydrogen-bond acceptors (Lipinski definition) is 1. The third kappa shape index (κ3) is 5.10. The van der Waals surface area contributed by atoms with Crippen LogP contribution in [0.4, 0.5) is 0 Å². The summed E-state index contributed by atoms with van der Waals surface area (Å²) in [5.41, 5.74) is 7.44. The topological polar surface area (TPSA) is 37.3 Å². The molecule has 1 aliphatic rings. The molecule has 0 heterocycles. The third-order valence-corrected chi connectivity index (χ3v) is 3.97. The molecule has 0 spiro atoms. The van der Waals surface area contributed by atoms with Crippen molar-refractivity contribution in [2.45, 2.75) is 40.0 Å². The van der Waals surface area contributed by atoms with Crippen LogP contribution in [0, 0.1) is 6.92 Å². The summed E-state index contributed by atoms with van der Waals surface area (Å²) in [5, 5.41) is 8.69. The number of aliphatic carboxylic acids is 1. The highest BCUT2D eigenvalue weighted by Crippen LogP contribution is 2.32. The van der Waals surface area contributed by atoms with Gasteiger partial charge in [-0.15, -0.1) is 0 Å². The second kappa shape index (κ2) is 7.77. The molecule has 2 heteroatoms. The smallest absolute Gasteiger partial charge is 0.328 e. The first kappa shape index (κ1) is 17.0. The van der Waals surface area contributed by atoms with Gasteiger partial charge in [0, 0.05) is 6.08 Å². The van der Waals surface area contributed by atoms with Crippen molar-refractivity contribution in [1.82, 2.24) is 0 Å². The predicted molar refractivity (Wildman–Crippen MR) is 96.4 cm³/mol. The van der Waals surface area contributed by atoms with Gasteiger partial charge in [0.05, 0.1) is 0 Å². The molecule has 0 fully saturated rings. The number of benzene rings is 1. The van der Waals surface area contributed by atoms with Gasteiger partial charge in [-0.05, 0) is 62.3 Å². The Kier molecular flexibility index (Phi) is 5.75. The average Bonchev–Trinajstić information content (AvgIpc) is 2.46. The molecule has 1 aliphatic carbocycles. The maximum Gasteiger partial charge on any atom is 0.328 e. The number of carbonyl (C=O) groups is 1. The third-order valence-electron chi connectivity index (χ3n) is 3.97. The number of hydrogen-bond donors (Lipinski definition) is 1. The molecule has 23 heavy (non-hydrogen) atoms. The molecule has 0 amide bonds. The summed E-state index contributed by atoms with van der Waals surface area (Å²) >= 11 is 0. The van der Waals surface area contributed by atoms with Gasteiger partial charge in [-0.25, -0.2) is 4.79 Å². The molecule has 1 aromatic rings. The molecule has 0 saturated heterocycles. The van der Waals surface area contributed by atoms with Crippen LogP contribution >= 0.6 is 0 Å². The Bertz CT molecular complexity index is 715. The lowest BCUT2D eigenvalue weighted by atomic mass is 9.85. The molecular formula is C21H24O2. The van der Waals surface area contributed by atoms with E-state index < -0.39 is 5.97 Å². The number of rotatable bonds is 4. The van der Waals surface area contributed by atoms with Crippen LogP contribution in [0.15, 0.2) is 59.7 Å². The van der Waals surface area contributed by atoms with Crippen LogP contribution in [-0.4, -0.2) is 11.1 Å². The predicted octanol–water partition coefficient (Wildman–Crippen LogP) is 5.25. The fourth-order valence-corrected chi connectivity index (χ4v) is 2.91. The van der Waals surface area contributed by atoms with Crippen LogP contribution in [0.2, 0.25) is 0 Å². The van der Waals surface area contributed by atoms with Crippen LogP contribution in [0.1, 0.15) is 43.4 Å². The Labute approximate surface area is 138 Å². The van der Waals surface area contributed by atoms with Crippen LogP contribution in [0.25, 0.3) is 5.57 Å². The molecule has 1 N–H and O–H groups in total. The maximum absolute atomic E-state index is 10.6. The van der Waals surface area contributed by atoms with Gasteiger partial charge in [0.2, 0.25) is 0 Å². The summed E-state index contributed by atoms with van der Waals surface area (Å²) in [5.74, 6) is -0.913. The van der Waals surface area contributed by atoms with Crippen molar-refractivity contribution in [3.05, 3.63) is 76.4 Å². The van der Waals surface area contributed by atoms with Gasteiger partial charge in [-0.3, -0.25) is 0 Å². The van der Waals surface area contributed by atoms with E-state index >= 15 is 0 Å². The number of fused-ring (bicyclic) bond motifs is 1. The van der Waals surface area contributed by atoms with Crippen molar-refractivity contribution in [3.8, 4) is 0 Å². The molecule has 0 saturated carbocycles. The molecule has 0 unspecified atom stereocenters. The lowest BCUT2D eigenvalue weighted by Crippen LogP contribution is -2.02. The summed E-state index contributed by atoms with van der Waals surface area (Å²) in [4.78, 5) is 10.6. The van der Waals surface area contributed by atoms with Crippen LogP contribution in [0.3, 0.4) is 0 Å². The fourth-order valence-electron chi connectivity index (χ4n) is 2.91. The molecule has 0 aromatic heterocycles. The van der Waals surface area contributed by atoms with Gasteiger partial charge in [-0.2, -0.15) is 0 Å². The molecule has 0 radical (unpaired) electrons. The van der Waals surface area contributed by atoms with Crippen molar-refractivity contribution in [1.29, 1.82) is 0 Å². The van der Waals surface area contributed by atoms with Gasteiger partial charge in [0.25, 0.3) is 0 Å². The van der Waals surface area contributed by atoms with Crippen molar-refractivity contribution in [2.75, 3.05) is 0 Å². The van der Waals surface area contributed by atoms with Crippen molar-refractivity contribution < 1.29 is 9.90 Å². The highest BCUT2D eigenvalue weighted by Gasteiger charge is 2.13. The minimum absolute atomic E-state index is 0.729. The summed E-state index contributed by atoms with van der Waals surface area (Å²) < 4.78 is 0. The molecule has 2 nitrogen and oxygen atoms in total. The molecule has 120 valence electrons. The first-order valence-corrected chi connectivity index (χ1v) is 8.02. The van der Waals surface area contributed by atoms with Crippen molar-refractivity contribution in [3.63, 3.8) is 0 Å². The van der Waals surface area contributed by atoms with Crippen molar-refractivity contribution in [2.24, 2.45) is 0 Å². The lowest BCUT2D eigenvalue weighted by molar-refractivity contribution is -0.131. The molecule has 0 atom stereocenters. The van der Waals surface area contributed by atoms with E-state index in [0.29, 0.717) is 0 Å². The summed E-state index contributed by atoms with van der Waals surface area (Å²) in [6.07, 6.45) is 12.7. The zero-order chi connectivity index (χ0) is 16.8. The van der Waals surface area contributed by atoms with E-state index in [9.17, 15) is 4.79 Å². The fraction of sp³-hybridized carbons (Fsp3) is 0.286. The first-order chi connectivity index (χ1) is 11.0. The average molecular weight is 308 g/mol. The Morgan fingerprint density at radius 3 is 2.70 bits per heavy atom. The zero-order valence-electron chi connectivity index (χ0n) is 14.1. The quantitative estimate of drug-likeness (QED) is 0.609. The molecule has 0 bridgehead atoms. The normalized spacial score (nSPS) is 17.6. The second-order valence-corrected chi connectivity index (χ2v) is 6.18. The highest BCUT2D eigenvalue weighted by molar-refractivity contribution is 5.81. The highest BCUT2D eigenvalue weighted by atomic mass is 16.4. The SMILES string of the molecule is CC(=C\C=C\C(C)=C\C(=O)O)/C=C1\CCCc2cc(C)ccc21. The van der Waals surface area contributed by atoms with Gasteiger partial charge >= 0.3 is 5.97 Å². The van der Waals surface area contributed by atoms with E-state index in [0.717, 1.165) is 18.4 Å². The Balaban J connectivity index is 2.18.